The lowest BCUT2D eigenvalue weighted by molar-refractivity contribution is 0.401. The first-order valence-corrected chi connectivity index (χ1v) is 8.44. The molecule has 0 atom stereocenters. The number of pyridine rings is 1. The summed E-state index contributed by atoms with van der Waals surface area (Å²) in [5, 5.41) is 0. The van der Waals surface area contributed by atoms with Crippen molar-refractivity contribution in [3.63, 3.8) is 0 Å². The Morgan fingerprint density at radius 1 is 1.17 bits per heavy atom. The first-order valence-electron chi connectivity index (χ1n) is 7.62. The summed E-state index contributed by atoms with van der Waals surface area (Å²) in [7, 11) is 1.62. The Bertz CT molecular complexity index is 906. The fraction of sp³-hybridized carbons (Fsp3) is 0.263. The zero-order chi connectivity index (χ0) is 17.2. The summed E-state index contributed by atoms with van der Waals surface area (Å²) in [5.74, 6) is 8.00. The largest absolute Gasteiger partial charge is 0.495 e. The van der Waals surface area contributed by atoms with Crippen LogP contribution < -0.4 is 4.74 Å². The lowest BCUT2D eigenvalue weighted by Gasteiger charge is -2.22. The molecular weight excluding hydrogens is 318 g/mol. The fourth-order valence-corrected chi connectivity index (χ4v) is 3.14. The highest BCUT2D eigenvalue weighted by molar-refractivity contribution is 7.15. The van der Waals surface area contributed by atoms with Gasteiger partial charge in [0.15, 0.2) is 5.82 Å². The van der Waals surface area contributed by atoms with Gasteiger partial charge in [0.25, 0.3) is 0 Å². The van der Waals surface area contributed by atoms with Gasteiger partial charge in [-0.3, -0.25) is 4.98 Å². The molecule has 0 N–H and O–H groups in total. The Hall–Kier alpha value is -2.58. The van der Waals surface area contributed by atoms with Crippen molar-refractivity contribution in [3.05, 3.63) is 53.4 Å². The third kappa shape index (κ3) is 3.50. The molecule has 0 fully saturated rings. The number of aromatic nitrogens is 3. The molecule has 0 aromatic carbocycles. The number of rotatable bonds is 2. The number of thiophene rings is 1. The van der Waals surface area contributed by atoms with Crippen LogP contribution >= 0.6 is 11.3 Å². The molecule has 122 valence electrons. The van der Waals surface area contributed by atoms with Crippen LogP contribution in [0.2, 0.25) is 0 Å². The second kappa shape index (κ2) is 6.50. The minimum atomic E-state index is -0.00603. The van der Waals surface area contributed by atoms with Gasteiger partial charge in [0.05, 0.1) is 23.1 Å². The number of hydrogen-bond donors (Lipinski definition) is 0. The summed E-state index contributed by atoms with van der Waals surface area (Å²) in [6.45, 7) is 6.51. The fourth-order valence-electron chi connectivity index (χ4n) is 2.28. The van der Waals surface area contributed by atoms with Gasteiger partial charge >= 0.3 is 0 Å². The molecule has 0 saturated heterocycles. The van der Waals surface area contributed by atoms with Crippen LogP contribution in [0, 0.1) is 11.8 Å². The monoisotopic (exact) mass is 337 g/mol. The van der Waals surface area contributed by atoms with E-state index in [4.69, 9.17) is 4.74 Å². The normalized spacial score (nSPS) is 11.0. The van der Waals surface area contributed by atoms with Crippen LogP contribution in [0.4, 0.5) is 0 Å². The van der Waals surface area contributed by atoms with Crippen molar-refractivity contribution in [1.29, 1.82) is 0 Å². The van der Waals surface area contributed by atoms with Gasteiger partial charge in [-0.2, -0.15) is 0 Å². The topological polar surface area (TPSA) is 39.9 Å². The van der Waals surface area contributed by atoms with Gasteiger partial charge in [0.1, 0.15) is 5.75 Å². The predicted molar refractivity (Wildman–Crippen MR) is 97.3 cm³/mol. The van der Waals surface area contributed by atoms with Crippen molar-refractivity contribution in [2.24, 2.45) is 0 Å². The highest BCUT2D eigenvalue weighted by Crippen LogP contribution is 2.30. The molecule has 0 bridgehead atoms. The summed E-state index contributed by atoms with van der Waals surface area (Å²) >= 11 is 1.64. The second-order valence-corrected chi connectivity index (χ2v) is 7.40. The van der Waals surface area contributed by atoms with Gasteiger partial charge in [-0.1, -0.05) is 11.8 Å². The summed E-state index contributed by atoms with van der Waals surface area (Å²) in [5.41, 5.74) is 0.828. The molecule has 3 aromatic heterocycles. The zero-order valence-electron chi connectivity index (χ0n) is 14.2. The molecule has 0 amide bonds. The molecule has 0 aliphatic rings. The van der Waals surface area contributed by atoms with Crippen molar-refractivity contribution in [3.8, 4) is 28.3 Å². The number of methoxy groups -OCH3 is 1. The molecule has 24 heavy (non-hydrogen) atoms. The van der Waals surface area contributed by atoms with Crippen molar-refractivity contribution < 1.29 is 4.74 Å². The van der Waals surface area contributed by atoms with Crippen LogP contribution in [-0.4, -0.2) is 21.6 Å². The van der Waals surface area contributed by atoms with Gasteiger partial charge in [0, 0.05) is 29.7 Å². The number of ether oxygens (including phenoxy) is 1. The minimum absolute atomic E-state index is 0.00603. The van der Waals surface area contributed by atoms with Crippen LogP contribution in [0.3, 0.4) is 0 Å². The van der Waals surface area contributed by atoms with Gasteiger partial charge in [-0.05, 0) is 39.0 Å². The van der Waals surface area contributed by atoms with Crippen LogP contribution in [-0.2, 0) is 5.54 Å². The van der Waals surface area contributed by atoms with Crippen LogP contribution in [0.15, 0.2) is 43.0 Å². The molecule has 0 aliphatic carbocycles. The quantitative estimate of drug-likeness (QED) is 0.659. The minimum Gasteiger partial charge on any atom is -0.495 e. The first kappa shape index (κ1) is 16.3. The van der Waals surface area contributed by atoms with E-state index in [1.807, 2.05) is 24.5 Å². The summed E-state index contributed by atoms with van der Waals surface area (Å²) in [6.07, 6.45) is 7.26. The van der Waals surface area contributed by atoms with Gasteiger partial charge < -0.3 is 9.30 Å². The average Bonchev–Trinajstić information content (AvgIpc) is 3.21. The summed E-state index contributed by atoms with van der Waals surface area (Å²) in [4.78, 5) is 10.7. The Labute approximate surface area is 146 Å². The molecule has 0 spiro atoms. The average molecular weight is 337 g/mol. The highest BCUT2D eigenvalue weighted by atomic mass is 32.1. The van der Waals surface area contributed by atoms with E-state index in [1.165, 1.54) is 0 Å². The van der Waals surface area contributed by atoms with Crippen LogP contribution in [0.5, 0.6) is 5.75 Å². The molecule has 5 heteroatoms. The third-order valence-electron chi connectivity index (χ3n) is 3.47. The Kier molecular flexibility index (Phi) is 4.41. The van der Waals surface area contributed by atoms with Crippen molar-refractivity contribution in [2.45, 2.75) is 26.3 Å². The van der Waals surface area contributed by atoms with Crippen molar-refractivity contribution >= 4 is 11.3 Å². The smallest absolute Gasteiger partial charge is 0.150 e. The highest BCUT2D eigenvalue weighted by Gasteiger charge is 2.18. The van der Waals surface area contributed by atoms with E-state index in [0.717, 1.165) is 21.1 Å². The lowest BCUT2D eigenvalue weighted by atomic mass is 10.1. The Balaban J connectivity index is 1.87. The lowest BCUT2D eigenvalue weighted by Crippen LogP contribution is -2.21. The van der Waals surface area contributed by atoms with E-state index in [2.05, 4.69) is 53.2 Å². The van der Waals surface area contributed by atoms with Crippen molar-refractivity contribution in [2.75, 3.05) is 7.11 Å². The molecule has 0 aliphatic heterocycles. The number of nitrogens with zero attached hydrogens (tertiary/aromatic N) is 3. The maximum absolute atomic E-state index is 5.17. The molecule has 4 nitrogen and oxygen atoms in total. The summed E-state index contributed by atoms with van der Waals surface area (Å²) in [6, 6.07) is 5.98. The molecule has 0 saturated carbocycles. The standard InChI is InChI=1S/C19H19N3OS/c1-19(2,3)22-10-9-21-18(22)17-8-7-16(24-17)6-5-14-11-15(23-4)13-20-12-14/h7-13H,1-4H3. The molecule has 0 radical (unpaired) electrons. The predicted octanol–water partition coefficient (Wildman–Crippen LogP) is 4.17. The van der Waals surface area contributed by atoms with Crippen LogP contribution in [0.1, 0.15) is 31.2 Å². The van der Waals surface area contributed by atoms with Crippen molar-refractivity contribution in [1.82, 2.24) is 14.5 Å². The molecule has 3 aromatic rings. The van der Waals surface area contributed by atoms with Gasteiger partial charge in [0.2, 0.25) is 0 Å². The zero-order valence-corrected chi connectivity index (χ0v) is 15.0. The third-order valence-corrected chi connectivity index (χ3v) is 4.47. The second-order valence-electron chi connectivity index (χ2n) is 6.32. The van der Waals surface area contributed by atoms with Gasteiger partial charge in [-0.25, -0.2) is 4.98 Å². The maximum atomic E-state index is 5.17. The molecule has 3 heterocycles. The van der Waals surface area contributed by atoms with E-state index in [1.54, 1.807) is 30.8 Å². The Morgan fingerprint density at radius 3 is 2.75 bits per heavy atom. The SMILES string of the molecule is COc1cncc(C#Cc2ccc(-c3nccn3C(C)(C)C)s2)c1. The maximum Gasteiger partial charge on any atom is 0.150 e. The number of imidazole rings is 1. The molecule has 3 rings (SSSR count). The van der Waals surface area contributed by atoms with E-state index in [9.17, 15) is 0 Å². The van der Waals surface area contributed by atoms with Gasteiger partial charge in [-0.15, -0.1) is 11.3 Å². The summed E-state index contributed by atoms with van der Waals surface area (Å²) < 4.78 is 7.35. The molecule has 0 unspecified atom stereocenters. The number of hydrogen-bond acceptors (Lipinski definition) is 4. The first-order chi connectivity index (χ1) is 11.5. The van der Waals surface area contributed by atoms with E-state index in [-0.39, 0.29) is 5.54 Å². The molecular formula is C19H19N3OS. The Morgan fingerprint density at radius 2 is 2.00 bits per heavy atom. The van der Waals surface area contributed by atoms with E-state index in [0.29, 0.717) is 5.75 Å². The van der Waals surface area contributed by atoms with E-state index < -0.39 is 0 Å². The van der Waals surface area contributed by atoms with Crippen LogP contribution in [0.25, 0.3) is 10.7 Å². The van der Waals surface area contributed by atoms with E-state index >= 15 is 0 Å².